The SMILES string of the molecule is O=C([O-])c1c[nH]c2c(Cl)ncnc12.[Li+]. The van der Waals surface area contributed by atoms with Gasteiger partial charge in [0.25, 0.3) is 0 Å². The van der Waals surface area contributed by atoms with Crippen molar-refractivity contribution < 1.29 is 28.8 Å². The Bertz CT molecular complexity index is 485. The number of aromatic amines is 1. The maximum atomic E-state index is 10.6. The van der Waals surface area contributed by atoms with Crippen LogP contribution < -0.4 is 24.0 Å². The zero-order valence-electron chi connectivity index (χ0n) is 7.24. The largest absolute Gasteiger partial charge is 1.00 e. The summed E-state index contributed by atoms with van der Waals surface area (Å²) in [6, 6.07) is 0. The molecule has 0 radical (unpaired) electrons. The Morgan fingerprint density at radius 3 is 2.86 bits per heavy atom. The fourth-order valence-corrected chi connectivity index (χ4v) is 1.25. The Labute approximate surface area is 95.7 Å². The molecule has 1 N–H and O–H groups in total. The normalized spacial score (nSPS) is 9.79. The Morgan fingerprint density at radius 2 is 2.21 bits per heavy atom. The van der Waals surface area contributed by atoms with Crippen LogP contribution in [0.15, 0.2) is 12.5 Å². The van der Waals surface area contributed by atoms with Crippen LogP contribution in [0.2, 0.25) is 5.15 Å². The number of nitrogens with one attached hydrogen (secondary N) is 1. The van der Waals surface area contributed by atoms with Crippen molar-refractivity contribution in [2.45, 2.75) is 0 Å². The number of carboxylic acid groups (broad SMARTS) is 1. The van der Waals surface area contributed by atoms with Gasteiger partial charge in [0.05, 0.1) is 5.97 Å². The molecule has 2 aromatic rings. The molecule has 0 aliphatic heterocycles. The molecule has 0 aliphatic rings. The van der Waals surface area contributed by atoms with Crippen LogP contribution >= 0.6 is 11.6 Å². The number of fused-ring (bicyclic) bond motifs is 1. The van der Waals surface area contributed by atoms with Crippen molar-refractivity contribution in [2.24, 2.45) is 0 Å². The predicted octanol–water partition coefficient (Wildman–Crippen LogP) is -3.02. The molecule has 0 spiro atoms. The zero-order valence-corrected chi connectivity index (χ0v) is 8.00. The number of carbonyl (C=O) groups excluding carboxylic acids is 1. The number of halogens is 1. The summed E-state index contributed by atoms with van der Waals surface area (Å²) < 4.78 is 0. The monoisotopic (exact) mass is 203 g/mol. The standard InChI is InChI=1S/C7H4ClN3O2.Li/c8-6-5-4(10-2-11-6)3(1-9-5)7(12)13;/h1-2,9H,(H,12,13);/q;+1/p-1. The third kappa shape index (κ3) is 1.62. The third-order valence-corrected chi connectivity index (χ3v) is 1.92. The number of H-pyrrole nitrogens is 1. The first kappa shape index (κ1) is 11.1. The summed E-state index contributed by atoms with van der Waals surface area (Å²) in [5.74, 6) is -1.29. The predicted molar refractivity (Wildman–Crippen MR) is 43.2 cm³/mol. The van der Waals surface area contributed by atoms with Crippen molar-refractivity contribution in [1.29, 1.82) is 0 Å². The van der Waals surface area contributed by atoms with Crippen LogP contribution in [-0.2, 0) is 0 Å². The van der Waals surface area contributed by atoms with Gasteiger partial charge >= 0.3 is 18.9 Å². The quantitative estimate of drug-likeness (QED) is 0.395. The first-order chi connectivity index (χ1) is 6.20. The van der Waals surface area contributed by atoms with E-state index < -0.39 is 5.97 Å². The van der Waals surface area contributed by atoms with Gasteiger partial charge < -0.3 is 14.9 Å². The van der Waals surface area contributed by atoms with E-state index in [4.69, 9.17) is 11.6 Å². The van der Waals surface area contributed by atoms with E-state index in [-0.39, 0.29) is 35.1 Å². The van der Waals surface area contributed by atoms with Crippen molar-refractivity contribution in [3.63, 3.8) is 0 Å². The minimum Gasteiger partial charge on any atom is -0.545 e. The second-order valence-corrected chi connectivity index (χ2v) is 2.74. The van der Waals surface area contributed by atoms with Crippen molar-refractivity contribution in [2.75, 3.05) is 0 Å². The molecule has 0 saturated carbocycles. The molecule has 0 amide bonds. The number of nitrogens with zero attached hydrogens (tertiary/aromatic N) is 2. The van der Waals surface area contributed by atoms with Crippen LogP contribution in [0.1, 0.15) is 10.4 Å². The number of hydrogen-bond acceptors (Lipinski definition) is 4. The molecule has 14 heavy (non-hydrogen) atoms. The van der Waals surface area contributed by atoms with Gasteiger partial charge in [0.1, 0.15) is 17.4 Å². The van der Waals surface area contributed by atoms with Gasteiger partial charge in [-0.05, 0) is 0 Å². The first-order valence-corrected chi connectivity index (χ1v) is 3.77. The number of carboxylic acids is 1. The molecular weight excluding hydrogens is 200 g/mol. The van der Waals surface area contributed by atoms with Crippen LogP contribution in [0.3, 0.4) is 0 Å². The van der Waals surface area contributed by atoms with E-state index in [1.807, 2.05) is 0 Å². The number of rotatable bonds is 1. The molecule has 7 heteroatoms. The average molecular weight is 204 g/mol. The summed E-state index contributed by atoms with van der Waals surface area (Å²) in [4.78, 5) is 20.7. The van der Waals surface area contributed by atoms with Crippen LogP contribution in [-0.4, -0.2) is 20.9 Å². The molecule has 0 aromatic carbocycles. The Hall–Kier alpha value is -1.02. The number of aromatic carboxylic acids is 1. The van der Waals surface area contributed by atoms with E-state index >= 15 is 0 Å². The van der Waals surface area contributed by atoms with Gasteiger partial charge in [-0.25, -0.2) is 9.97 Å². The third-order valence-electron chi connectivity index (χ3n) is 1.64. The minimum absolute atomic E-state index is 0. The average Bonchev–Trinajstić information content (AvgIpc) is 2.48. The molecule has 0 fully saturated rings. The van der Waals surface area contributed by atoms with Gasteiger partial charge in [0.15, 0.2) is 5.15 Å². The van der Waals surface area contributed by atoms with E-state index in [1.54, 1.807) is 0 Å². The molecule has 0 saturated heterocycles. The van der Waals surface area contributed by atoms with Gasteiger partial charge in [-0.2, -0.15) is 0 Å². The zero-order chi connectivity index (χ0) is 9.42. The molecule has 0 bridgehead atoms. The second-order valence-electron chi connectivity index (χ2n) is 2.38. The van der Waals surface area contributed by atoms with Crippen molar-refractivity contribution in [3.05, 3.63) is 23.2 Å². The first-order valence-electron chi connectivity index (χ1n) is 3.39. The smallest absolute Gasteiger partial charge is 0.545 e. The van der Waals surface area contributed by atoms with Crippen molar-refractivity contribution >= 4 is 28.6 Å². The topological polar surface area (TPSA) is 81.7 Å². The molecular formula is C7H3ClLiN3O2. The summed E-state index contributed by atoms with van der Waals surface area (Å²) in [7, 11) is 0. The summed E-state index contributed by atoms with van der Waals surface area (Å²) in [5, 5.41) is 10.7. The molecule has 2 rings (SSSR count). The van der Waals surface area contributed by atoms with Gasteiger partial charge in [0, 0.05) is 11.8 Å². The summed E-state index contributed by atoms with van der Waals surface area (Å²) in [6.07, 6.45) is 2.48. The van der Waals surface area contributed by atoms with E-state index in [1.165, 1.54) is 12.5 Å². The van der Waals surface area contributed by atoms with E-state index in [0.29, 0.717) is 5.52 Å². The van der Waals surface area contributed by atoms with E-state index in [2.05, 4.69) is 15.0 Å². The fourth-order valence-electron chi connectivity index (χ4n) is 1.06. The molecule has 2 heterocycles. The molecule has 5 nitrogen and oxygen atoms in total. The van der Waals surface area contributed by atoms with Crippen LogP contribution in [0.25, 0.3) is 11.0 Å². The molecule has 2 aromatic heterocycles. The van der Waals surface area contributed by atoms with Crippen molar-refractivity contribution in [1.82, 2.24) is 15.0 Å². The van der Waals surface area contributed by atoms with E-state index in [9.17, 15) is 9.90 Å². The maximum absolute atomic E-state index is 10.6. The minimum atomic E-state index is -1.29. The van der Waals surface area contributed by atoms with Crippen LogP contribution in [0.4, 0.5) is 0 Å². The van der Waals surface area contributed by atoms with E-state index in [0.717, 1.165) is 0 Å². The molecule has 0 unspecified atom stereocenters. The van der Waals surface area contributed by atoms with Gasteiger partial charge in [-0.1, -0.05) is 11.6 Å². The molecule has 0 atom stereocenters. The Balaban J connectivity index is 0.000000980. The summed E-state index contributed by atoms with van der Waals surface area (Å²) in [5.41, 5.74) is 0.655. The maximum Gasteiger partial charge on any atom is 1.00 e. The summed E-state index contributed by atoms with van der Waals surface area (Å²) in [6.45, 7) is 0. The number of aromatic nitrogens is 3. The number of carbonyl (C=O) groups is 1. The second kappa shape index (κ2) is 4.01. The van der Waals surface area contributed by atoms with Gasteiger partial charge in [0.2, 0.25) is 0 Å². The summed E-state index contributed by atoms with van der Waals surface area (Å²) >= 11 is 5.68. The van der Waals surface area contributed by atoms with Gasteiger partial charge in [-0.3, -0.25) is 0 Å². The molecule has 0 aliphatic carbocycles. The van der Waals surface area contributed by atoms with Gasteiger partial charge in [-0.15, -0.1) is 0 Å². The number of hydrogen-bond donors (Lipinski definition) is 1. The van der Waals surface area contributed by atoms with Crippen LogP contribution in [0.5, 0.6) is 0 Å². The Morgan fingerprint density at radius 1 is 1.50 bits per heavy atom. The molecule has 66 valence electrons. The fraction of sp³-hybridized carbons (Fsp3) is 0. The van der Waals surface area contributed by atoms with Crippen molar-refractivity contribution in [3.8, 4) is 0 Å². The Kier molecular flexibility index (Phi) is 3.16. The van der Waals surface area contributed by atoms with Crippen LogP contribution in [0, 0.1) is 0 Å².